The molecule has 0 saturated carbocycles. The molecule has 0 aliphatic carbocycles. The van der Waals surface area contributed by atoms with Crippen molar-refractivity contribution in [2.75, 3.05) is 7.11 Å². The Balaban J connectivity index is 2.04. The topological polar surface area (TPSA) is 27.1 Å². The molecule has 24 heavy (non-hydrogen) atoms. The van der Waals surface area contributed by atoms with E-state index in [1.807, 2.05) is 18.2 Å². The standard InChI is InChI=1S/C21H18N2O/c1-3-13-23-20-12-11-16(24-2)14-19(20)22-21(23)18-10-6-8-15-7-4-5-9-17(15)18/h3-12,14H,1,13H2,2H3. The summed E-state index contributed by atoms with van der Waals surface area (Å²) in [4.78, 5) is 4.90. The molecule has 118 valence electrons. The van der Waals surface area contributed by atoms with Crippen LogP contribution in [0, 0.1) is 0 Å². The smallest absolute Gasteiger partial charge is 0.142 e. The van der Waals surface area contributed by atoms with Crippen LogP contribution in [0.1, 0.15) is 0 Å². The fraction of sp³-hybridized carbons (Fsp3) is 0.0952. The van der Waals surface area contributed by atoms with Crippen LogP contribution in [0.2, 0.25) is 0 Å². The second-order valence-corrected chi connectivity index (χ2v) is 5.72. The fourth-order valence-corrected chi connectivity index (χ4v) is 3.18. The fourth-order valence-electron chi connectivity index (χ4n) is 3.18. The number of aromatic nitrogens is 2. The van der Waals surface area contributed by atoms with Gasteiger partial charge in [-0.1, -0.05) is 48.5 Å². The number of nitrogens with zero attached hydrogens (tertiary/aromatic N) is 2. The maximum absolute atomic E-state index is 5.34. The first-order valence-electron chi connectivity index (χ1n) is 7.95. The molecule has 0 unspecified atom stereocenters. The minimum Gasteiger partial charge on any atom is -0.497 e. The summed E-state index contributed by atoms with van der Waals surface area (Å²) < 4.78 is 7.54. The van der Waals surface area contributed by atoms with Gasteiger partial charge in [-0.15, -0.1) is 6.58 Å². The van der Waals surface area contributed by atoms with Crippen LogP contribution in [0.5, 0.6) is 5.75 Å². The third-order valence-corrected chi connectivity index (χ3v) is 4.30. The van der Waals surface area contributed by atoms with Gasteiger partial charge >= 0.3 is 0 Å². The van der Waals surface area contributed by atoms with Gasteiger partial charge in [0, 0.05) is 18.2 Å². The number of imidazole rings is 1. The Bertz CT molecular complexity index is 1040. The highest BCUT2D eigenvalue weighted by atomic mass is 16.5. The Morgan fingerprint density at radius 2 is 1.92 bits per heavy atom. The van der Waals surface area contributed by atoms with E-state index in [0.29, 0.717) is 6.54 Å². The van der Waals surface area contributed by atoms with Crippen LogP contribution >= 0.6 is 0 Å². The van der Waals surface area contributed by atoms with Gasteiger partial charge < -0.3 is 9.30 Å². The van der Waals surface area contributed by atoms with E-state index >= 15 is 0 Å². The Morgan fingerprint density at radius 3 is 2.75 bits per heavy atom. The summed E-state index contributed by atoms with van der Waals surface area (Å²) in [6.07, 6.45) is 1.90. The summed E-state index contributed by atoms with van der Waals surface area (Å²) in [6, 6.07) is 20.7. The van der Waals surface area contributed by atoms with Crippen molar-refractivity contribution in [3.63, 3.8) is 0 Å². The minimum absolute atomic E-state index is 0.710. The highest BCUT2D eigenvalue weighted by molar-refractivity contribution is 5.97. The zero-order chi connectivity index (χ0) is 16.5. The molecule has 4 aromatic rings. The van der Waals surface area contributed by atoms with Crippen molar-refractivity contribution >= 4 is 21.8 Å². The molecule has 1 heterocycles. The van der Waals surface area contributed by atoms with Gasteiger partial charge in [0.15, 0.2) is 0 Å². The van der Waals surface area contributed by atoms with Gasteiger partial charge in [-0.05, 0) is 22.9 Å². The van der Waals surface area contributed by atoms with E-state index < -0.39 is 0 Å². The zero-order valence-corrected chi connectivity index (χ0v) is 13.6. The minimum atomic E-state index is 0.710. The predicted molar refractivity (Wildman–Crippen MR) is 99.4 cm³/mol. The average molecular weight is 314 g/mol. The van der Waals surface area contributed by atoms with Crippen molar-refractivity contribution in [1.82, 2.24) is 9.55 Å². The number of fused-ring (bicyclic) bond motifs is 2. The van der Waals surface area contributed by atoms with Gasteiger partial charge in [-0.2, -0.15) is 0 Å². The molecule has 0 N–H and O–H groups in total. The van der Waals surface area contributed by atoms with Crippen LogP contribution in [-0.2, 0) is 6.54 Å². The van der Waals surface area contributed by atoms with Crippen molar-refractivity contribution in [2.45, 2.75) is 6.54 Å². The summed E-state index contributed by atoms with van der Waals surface area (Å²) in [5.74, 6) is 1.77. The molecule has 0 fully saturated rings. The highest BCUT2D eigenvalue weighted by Gasteiger charge is 2.14. The number of hydrogen-bond donors (Lipinski definition) is 0. The molecule has 0 bridgehead atoms. The Hall–Kier alpha value is -3.07. The van der Waals surface area contributed by atoms with E-state index in [9.17, 15) is 0 Å². The van der Waals surface area contributed by atoms with E-state index in [2.05, 4.69) is 59.7 Å². The summed E-state index contributed by atoms with van der Waals surface area (Å²) in [5, 5.41) is 2.41. The first-order valence-corrected chi connectivity index (χ1v) is 7.95. The number of rotatable bonds is 4. The third kappa shape index (κ3) is 2.26. The van der Waals surface area contributed by atoms with Crippen LogP contribution in [0.15, 0.2) is 73.3 Å². The van der Waals surface area contributed by atoms with Crippen molar-refractivity contribution < 1.29 is 4.74 Å². The Kier molecular flexibility index (Phi) is 3.54. The van der Waals surface area contributed by atoms with E-state index in [4.69, 9.17) is 9.72 Å². The SMILES string of the molecule is C=CCn1c(-c2cccc3ccccc23)nc2cc(OC)ccc21. The molecule has 0 aliphatic rings. The molecular formula is C21H18N2O. The maximum Gasteiger partial charge on any atom is 0.142 e. The molecule has 4 rings (SSSR count). The van der Waals surface area contributed by atoms with Gasteiger partial charge in [0.25, 0.3) is 0 Å². The average Bonchev–Trinajstić information content (AvgIpc) is 2.99. The maximum atomic E-state index is 5.34. The molecule has 0 spiro atoms. The van der Waals surface area contributed by atoms with Crippen LogP contribution in [0.4, 0.5) is 0 Å². The quantitative estimate of drug-likeness (QED) is 0.493. The number of hydrogen-bond acceptors (Lipinski definition) is 2. The summed E-state index contributed by atoms with van der Waals surface area (Å²) in [6.45, 7) is 4.61. The van der Waals surface area contributed by atoms with Gasteiger partial charge in [0.05, 0.1) is 18.1 Å². The van der Waals surface area contributed by atoms with Gasteiger partial charge in [0.1, 0.15) is 11.6 Å². The molecule has 0 saturated heterocycles. The zero-order valence-electron chi connectivity index (χ0n) is 13.6. The monoisotopic (exact) mass is 314 g/mol. The van der Waals surface area contributed by atoms with Gasteiger partial charge in [-0.3, -0.25) is 0 Å². The lowest BCUT2D eigenvalue weighted by Crippen LogP contribution is -1.98. The first-order chi connectivity index (χ1) is 11.8. The van der Waals surface area contributed by atoms with Gasteiger partial charge in [-0.25, -0.2) is 4.98 Å². The largest absolute Gasteiger partial charge is 0.497 e. The highest BCUT2D eigenvalue weighted by Crippen LogP contribution is 2.32. The van der Waals surface area contributed by atoms with Crippen LogP contribution in [-0.4, -0.2) is 16.7 Å². The van der Waals surface area contributed by atoms with E-state index in [-0.39, 0.29) is 0 Å². The van der Waals surface area contributed by atoms with Crippen LogP contribution in [0.25, 0.3) is 33.2 Å². The molecular weight excluding hydrogens is 296 g/mol. The second kappa shape index (κ2) is 5.85. The van der Waals surface area contributed by atoms with Crippen LogP contribution < -0.4 is 4.74 Å². The molecule has 0 atom stereocenters. The Morgan fingerprint density at radius 1 is 1.08 bits per heavy atom. The lowest BCUT2D eigenvalue weighted by Gasteiger charge is -2.09. The molecule has 1 aromatic heterocycles. The molecule has 3 nitrogen and oxygen atoms in total. The molecule has 0 radical (unpaired) electrons. The lowest BCUT2D eigenvalue weighted by molar-refractivity contribution is 0.415. The number of methoxy groups -OCH3 is 1. The summed E-state index contributed by atoms with van der Waals surface area (Å²) >= 11 is 0. The molecule has 0 aliphatic heterocycles. The van der Waals surface area contributed by atoms with E-state index in [1.165, 1.54) is 10.8 Å². The first kappa shape index (κ1) is 14.5. The number of allylic oxidation sites excluding steroid dienone is 1. The van der Waals surface area contributed by atoms with Crippen molar-refractivity contribution in [3.8, 4) is 17.1 Å². The molecule has 3 aromatic carbocycles. The van der Waals surface area contributed by atoms with Crippen molar-refractivity contribution in [1.29, 1.82) is 0 Å². The molecule has 3 heteroatoms. The van der Waals surface area contributed by atoms with Crippen molar-refractivity contribution in [3.05, 3.63) is 73.3 Å². The predicted octanol–water partition coefficient (Wildman–Crippen LogP) is 5.05. The normalized spacial score (nSPS) is 11.0. The third-order valence-electron chi connectivity index (χ3n) is 4.30. The summed E-state index contributed by atoms with van der Waals surface area (Å²) in [5.41, 5.74) is 3.14. The second-order valence-electron chi connectivity index (χ2n) is 5.72. The number of benzene rings is 3. The van der Waals surface area contributed by atoms with Crippen LogP contribution in [0.3, 0.4) is 0 Å². The number of ether oxygens (including phenoxy) is 1. The van der Waals surface area contributed by atoms with Crippen molar-refractivity contribution in [2.24, 2.45) is 0 Å². The Labute approximate surface area is 140 Å². The summed E-state index contributed by atoms with van der Waals surface area (Å²) in [7, 11) is 1.67. The molecule has 0 amide bonds. The van der Waals surface area contributed by atoms with E-state index in [0.717, 1.165) is 28.2 Å². The lowest BCUT2D eigenvalue weighted by atomic mass is 10.0. The van der Waals surface area contributed by atoms with E-state index in [1.54, 1.807) is 7.11 Å². The van der Waals surface area contributed by atoms with Gasteiger partial charge in [0.2, 0.25) is 0 Å².